The fourth-order valence-electron chi connectivity index (χ4n) is 1.27. The topological polar surface area (TPSA) is 20.3 Å². The van der Waals surface area contributed by atoms with Gasteiger partial charge in [0.1, 0.15) is 0 Å². The Hall–Kier alpha value is -0.810. The summed E-state index contributed by atoms with van der Waals surface area (Å²) < 4.78 is 48.8. The van der Waals surface area contributed by atoms with E-state index >= 15 is 0 Å². The molecule has 14 heavy (non-hydrogen) atoms. The molecule has 0 bridgehead atoms. The highest BCUT2D eigenvalue weighted by molar-refractivity contribution is 5.84. The van der Waals surface area contributed by atoms with E-state index in [1.807, 2.05) is 0 Å². The number of alkyl halides is 4. The molecular formula is C8H11F4NO. The largest absolute Gasteiger partial charge is 0.383 e. The lowest BCUT2D eigenvalue weighted by Gasteiger charge is -2.36. The molecule has 0 atom stereocenters. The van der Waals surface area contributed by atoms with Gasteiger partial charge in [-0.05, 0) is 19.3 Å². The van der Waals surface area contributed by atoms with Crippen molar-refractivity contribution in [1.29, 1.82) is 0 Å². The van der Waals surface area contributed by atoms with Crippen molar-refractivity contribution in [3.63, 3.8) is 0 Å². The highest BCUT2D eigenvalue weighted by Gasteiger charge is 2.51. The maximum Gasteiger partial charge on any atom is 0.383 e. The van der Waals surface area contributed by atoms with Crippen molar-refractivity contribution in [1.82, 2.24) is 4.90 Å². The van der Waals surface area contributed by atoms with Crippen LogP contribution in [-0.2, 0) is 4.79 Å². The van der Waals surface area contributed by atoms with Gasteiger partial charge in [-0.15, -0.1) is 0 Å². The second-order valence-corrected chi connectivity index (χ2v) is 3.42. The van der Waals surface area contributed by atoms with E-state index in [9.17, 15) is 22.4 Å². The Balaban J connectivity index is 2.63. The molecule has 1 rings (SSSR count). The van der Waals surface area contributed by atoms with Crippen LogP contribution in [0.15, 0.2) is 0 Å². The SMILES string of the molecule is CN(C(=O)C(F)(F)C(F)F)C1CCC1. The number of hydrogen-bond donors (Lipinski definition) is 0. The standard InChI is InChI=1S/C8H11F4NO/c1-13(5-3-2-4-5)7(14)8(11,12)6(9)10/h5-6H,2-4H2,1H3. The molecule has 1 aliphatic rings. The van der Waals surface area contributed by atoms with Crippen LogP contribution in [0, 0.1) is 0 Å². The van der Waals surface area contributed by atoms with Crippen molar-refractivity contribution in [2.45, 2.75) is 37.7 Å². The minimum absolute atomic E-state index is 0.299. The van der Waals surface area contributed by atoms with Crippen LogP contribution in [0.25, 0.3) is 0 Å². The molecule has 0 radical (unpaired) electrons. The van der Waals surface area contributed by atoms with Gasteiger partial charge in [-0.25, -0.2) is 8.78 Å². The third-order valence-electron chi connectivity index (χ3n) is 2.50. The monoisotopic (exact) mass is 213 g/mol. The first-order chi connectivity index (χ1) is 6.37. The van der Waals surface area contributed by atoms with Gasteiger partial charge < -0.3 is 4.90 Å². The van der Waals surface area contributed by atoms with Crippen molar-refractivity contribution in [2.75, 3.05) is 7.05 Å². The van der Waals surface area contributed by atoms with Gasteiger partial charge in [-0.1, -0.05) is 0 Å². The van der Waals surface area contributed by atoms with Gasteiger partial charge in [0.25, 0.3) is 5.91 Å². The molecule has 0 saturated heterocycles. The predicted octanol–water partition coefficient (Wildman–Crippen LogP) is 1.90. The van der Waals surface area contributed by atoms with Crippen LogP contribution in [0.2, 0.25) is 0 Å². The van der Waals surface area contributed by atoms with Gasteiger partial charge in [0, 0.05) is 13.1 Å². The van der Waals surface area contributed by atoms with E-state index in [4.69, 9.17) is 0 Å². The Kier molecular flexibility index (Phi) is 3.01. The van der Waals surface area contributed by atoms with Crippen molar-refractivity contribution in [3.05, 3.63) is 0 Å². The van der Waals surface area contributed by atoms with Gasteiger partial charge in [-0.3, -0.25) is 4.79 Å². The van der Waals surface area contributed by atoms with Gasteiger partial charge in [0.05, 0.1) is 0 Å². The zero-order chi connectivity index (χ0) is 10.9. The minimum Gasteiger partial charge on any atom is -0.337 e. The first kappa shape index (κ1) is 11.3. The molecule has 1 aliphatic carbocycles. The number of halogens is 4. The zero-order valence-corrected chi connectivity index (χ0v) is 7.64. The highest BCUT2D eigenvalue weighted by Crippen LogP contribution is 2.30. The molecule has 0 N–H and O–H groups in total. The fourth-order valence-corrected chi connectivity index (χ4v) is 1.27. The molecule has 0 aromatic carbocycles. The number of carbonyl (C=O) groups excluding carboxylic acids is 1. The van der Waals surface area contributed by atoms with Crippen LogP contribution in [0.4, 0.5) is 17.6 Å². The minimum atomic E-state index is -4.55. The Labute approximate surface area is 78.9 Å². The molecule has 1 fully saturated rings. The van der Waals surface area contributed by atoms with Gasteiger partial charge in [0.2, 0.25) is 0 Å². The van der Waals surface area contributed by atoms with E-state index in [0.29, 0.717) is 12.8 Å². The van der Waals surface area contributed by atoms with E-state index < -0.39 is 18.3 Å². The van der Waals surface area contributed by atoms with Crippen LogP contribution in [0.1, 0.15) is 19.3 Å². The lowest BCUT2D eigenvalue weighted by molar-refractivity contribution is -0.182. The average molecular weight is 213 g/mol. The number of hydrogen-bond acceptors (Lipinski definition) is 1. The Morgan fingerprint density at radius 2 is 1.93 bits per heavy atom. The second-order valence-electron chi connectivity index (χ2n) is 3.42. The molecule has 1 amide bonds. The van der Waals surface area contributed by atoms with Gasteiger partial charge in [-0.2, -0.15) is 8.78 Å². The zero-order valence-electron chi connectivity index (χ0n) is 7.64. The van der Waals surface area contributed by atoms with Crippen molar-refractivity contribution >= 4 is 5.91 Å². The summed E-state index contributed by atoms with van der Waals surface area (Å²) in [7, 11) is 1.14. The quantitative estimate of drug-likeness (QED) is 0.655. The van der Waals surface area contributed by atoms with Crippen LogP contribution in [0.5, 0.6) is 0 Å². The van der Waals surface area contributed by atoms with Gasteiger partial charge in [0.15, 0.2) is 0 Å². The molecule has 0 spiro atoms. The summed E-state index contributed by atoms with van der Waals surface area (Å²) in [6.07, 6.45) is -1.86. The normalized spacial score (nSPS) is 18.1. The summed E-state index contributed by atoms with van der Waals surface area (Å²) in [5.74, 6) is -6.33. The van der Waals surface area contributed by atoms with Crippen LogP contribution in [0.3, 0.4) is 0 Å². The summed E-state index contributed by atoms with van der Waals surface area (Å²) in [4.78, 5) is 11.7. The highest BCUT2D eigenvalue weighted by atomic mass is 19.3. The van der Waals surface area contributed by atoms with Crippen LogP contribution < -0.4 is 0 Å². The van der Waals surface area contributed by atoms with Crippen LogP contribution in [-0.4, -0.2) is 36.2 Å². The number of nitrogens with zero attached hydrogens (tertiary/aromatic N) is 1. The van der Waals surface area contributed by atoms with Crippen molar-refractivity contribution < 1.29 is 22.4 Å². The molecule has 0 aromatic rings. The Morgan fingerprint density at radius 1 is 1.43 bits per heavy atom. The molecule has 6 heteroatoms. The fraction of sp³-hybridized carbons (Fsp3) is 0.875. The maximum absolute atomic E-state index is 12.6. The third-order valence-corrected chi connectivity index (χ3v) is 2.50. The van der Waals surface area contributed by atoms with Crippen molar-refractivity contribution in [3.8, 4) is 0 Å². The number of amides is 1. The summed E-state index contributed by atoms with van der Waals surface area (Å²) in [5.41, 5.74) is 0. The van der Waals surface area contributed by atoms with Crippen molar-refractivity contribution in [2.24, 2.45) is 0 Å². The summed E-state index contributed by atoms with van der Waals surface area (Å²) in [6, 6.07) is -0.299. The molecule has 1 saturated carbocycles. The first-order valence-corrected chi connectivity index (χ1v) is 4.30. The van der Waals surface area contributed by atoms with E-state index in [1.165, 1.54) is 0 Å². The number of rotatable bonds is 3. The maximum atomic E-state index is 12.6. The predicted molar refractivity (Wildman–Crippen MR) is 41.4 cm³/mol. The Morgan fingerprint density at radius 3 is 2.21 bits per heavy atom. The van der Waals surface area contributed by atoms with Crippen LogP contribution >= 0.6 is 0 Å². The molecular weight excluding hydrogens is 202 g/mol. The van der Waals surface area contributed by atoms with E-state index in [2.05, 4.69) is 0 Å². The molecule has 0 heterocycles. The summed E-state index contributed by atoms with van der Waals surface area (Å²) in [5, 5.41) is 0. The lowest BCUT2D eigenvalue weighted by Crippen LogP contribution is -2.51. The Bertz CT molecular complexity index is 227. The van der Waals surface area contributed by atoms with E-state index in [1.54, 1.807) is 0 Å². The second kappa shape index (κ2) is 3.74. The molecule has 82 valence electrons. The summed E-state index contributed by atoms with van der Waals surface area (Å²) >= 11 is 0. The molecule has 0 unspecified atom stereocenters. The van der Waals surface area contributed by atoms with E-state index in [0.717, 1.165) is 18.4 Å². The molecule has 0 aliphatic heterocycles. The molecule has 2 nitrogen and oxygen atoms in total. The summed E-state index contributed by atoms with van der Waals surface area (Å²) in [6.45, 7) is 0. The van der Waals surface area contributed by atoms with E-state index in [-0.39, 0.29) is 6.04 Å². The molecule has 0 aromatic heterocycles. The van der Waals surface area contributed by atoms with Gasteiger partial charge >= 0.3 is 12.3 Å². The number of carbonyl (C=O) groups is 1. The average Bonchev–Trinajstić information content (AvgIpc) is 1.99. The smallest absolute Gasteiger partial charge is 0.337 e. The lowest BCUT2D eigenvalue weighted by atomic mass is 9.91. The first-order valence-electron chi connectivity index (χ1n) is 4.30. The third kappa shape index (κ3) is 1.83.